The second-order valence-corrected chi connectivity index (χ2v) is 3.65. The highest BCUT2D eigenvalue weighted by molar-refractivity contribution is 5.80. The maximum atomic E-state index is 11.8. The van der Waals surface area contributed by atoms with Crippen molar-refractivity contribution in [3.05, 3.63) is 25.3 Å². The lowest BCUT2D eigenvalue weighted by molar-refractivity contribution is -0.248. The molecule has 0 aliphatic carbocycles. The molecule has 17 heavy (non-hydrogen) atoms. The molecule has 98 valence electrons. The molecular formula is C12H22N2O3. The Labute approximate surface area is 103 Å². The van der Waals surface area contributed by atoms with Crippen LogP contribution in [0.5, 0.6) is 0 Å². The molecule has 0 aromatic carbocycles. The first-order valence-corrected chi connectivity index (χ1v) is 5.71. The molecule has 0 spiro atoms. The number of hydrazine groups is 1. The molecule has 1 unspecified atom stereocenters. The van der Waals surface area contributed by atoms with E-state index in [0.717, 1.165) is 0 Å². The van der Waals surface area contributed by atoms with Crippen LogP contribution < -0.4 is 5.43 Å². The van der Waals surface area contributed by atoms with Gasteiger partial charge in [-0.3, -0.25) is 10.3 Å². The van der Waals surface area contributed by atoms with Gasteiger partial charge < -0.3 is 0 Å². The van der Waals surface area contributed by atoms with Crippen molar-refractivity contribution in [1.82, 2.24) is 10.4 Å². The second kappa shape index (κ2) is 8.00. The van der Waals surface area contributed by atoms with Gasteiger partial charge in [0.1, 0.15) is 5.54 Å². The average Bonchev–Trinajstić information content (AvgIpc) is 2.37. The van der Waals surface area contributed by atoms with Crippen molar-refractivity contribution in [1.29, 1.82) is 0 Å². The summed E-state index contributed by atoms with van der Waals surface area (Å²) >= 11 is 0. The zero-order valence-electron chi connectivity index (χ0n) is 10.6. The number of hydrogen-bond acceptors (Lipinski definition) is 5. The maximum Gasteiger partial charge on any atom is 0.363 e. The molecule has 0 saturated heterocycles. The molecule has 0 aliphatic heterocycles. The van der Waals surface area contributed by atoms with E-state index in [9.17, 15) is 4.79 Å². The Hall–Kier alpha value is -1.17. The first-order valence-electron chi connectivity index (χ1n) is 5.71. The molecule has 1 atom stereocenters. The van der Waals surface area contributed by atoms with Crippen LogP contribution in [0, 0.1) is 0 Å². The van der Waals surface area contributed by atoms with Crippen LogP contribution in [-0.2, 0) is 9.68 Å². The molecule has 5 heteroatoms. The summed E-state index contributed by atoms with van der Waals surface area (Å²) in [5, 5.41) is 10.4. The highest BCUT2D eigenvalue weighted by Gasteiger charge is 2.43. The minimum atomic E-state index is -0.936. The van der Waals surface area contributed by atoms with E-state index >= 15 is 0 Å². The summed E-state index contributed by atoms with van der Waals surface area (Å²) in [6, 6.07) is 0. The SMILES string of the molecule is C=CCNN(CC)C(CC)(CC=C)C(=O)OO. The van der Waals surface area contributed by atoms with Gasteiger partial charge >= 0.3 is 5.97 Å². The van der Waals surface area contributed by atoms with Gasteiger partial charge in [-0.2, -0.15) is 5.26 Å². The van der Waals surface area contributed by atoms with Crippen molar-refractivity contribution in [3.8, 4) is 0 Å². The Morgan fingerprint density at radius 1 is 1.47 bits per heavy atom. The number of nitrogens with one attached hydrogen (secondary N) is 1. The van der Waals surface area contributed by atoms with Crippen molar-refractivity contribution in [2.24, 2.45) is 0 Å². The lowest BCUT2D eigenvalue weighted by atomic mass is 9.91. The molecule has 5 nitrogen and oxygen atoms in total. The first-order chi connectivity index (χ1) is 8.12. The van der Waals surface area contributed by atoms with E-state index in [4.69, 9.17) is 5.26 Å². The maximum absolute atomic E-state index is 11.8. The van der Waals surface area contributed by atoms with Crippen molar-refractivity contribution >= 4 is 5.97 Å². The van der Waals surface area contributed by atoms with Crippen molar-refractivity contribution in [2.45, 2.75) is 32.2 Å². The van der Waals surface area contributed by atoms with Crippen LogP contribution in [0.15, 0.2) is 25.3 Å². The van der Waals surface area contributed by atoms with Crippen LogP contribution in [0.1, 0.15) is 26.7 Å². The molecule has 0 bridgehead atoms. The fourth-order valence-electron chi connectivity index (χ4n) is 1.85. The predicted octanol–water partition coefficient (Wildman–Crippen LogP) is 1.74. The Morgan fingerprint density at radius 3 is 2.47 bits per heavy atom. The number of likely N-dealkylation sites (N-methyl/N-ethyl adjacent to an activating group) is 1. The molecule has 0 rings (SSSR count). The number of carbonyl (C=O) groups excluding carboxylic acids is 1. The number of rotatable bonds is 9. The van der Waals surface area contributed by atoms with Crippen LogP contribution in [0.2, 0.25) is 0 Å². The monoisotopic (exact) mass is 242 g/mol. The number of hydrogen-bond donors (Lipinski definition) is 2. The summed E-state index contributed by atoms with van der Waals surface area (Å²) in [6.07, 6.45) is 4.22. The van der Waals surface area contributed by atoms with Crippen molar-refractivity contribution in [2.75, 3.05) is 13.1 Å². The van der Waals surface area contributed by atoms with Gasteiger partial charge in [-0.15, -0.1) is 13.2 Å². The summed E-state index contributed by atoms with van der Waals surface area (Å²) in [7, 11) is 0. The fraction of sp³-hybridized carbons (Fsp3) is 0.583. The average molecular weight is 242 g/mol. The Morgan fingerprint density at radius 2 is 2.12 bits per heavy atom. The van der Waals surface area contributed by atoms with E-state index in [1.807, 2.05) is 13.8 Å². The molecule has 0 aliphatic rings. The van der Waals surface area contributed by atoms with Gasteiger partial charge in [0.25, 0.3) is 0 Å². The molecule has 0 heterocycles. The summed E-state index contributed by atoms with van der Waals surface area (Å²) in [6.45, 7) is 12.1. The third kappa shape index (κ3) is 3.66. The standard InChI is InChI=1S/C12H22N2O3/c1-5-9-12(7-3,11(15)17-16)14(8-4)13-10-6-2/h5-6,13,16H,1-2,7-10H2,3-4H3. The zero-order valence-corrected chi connectivity index (χ0v) is 10.6. The van der Waals surface area contributed by atoms with Gasteiger partial charge in [0.05, 0.1) is 0 Å². The van der Waals surface area contributed by atoms with E-state index in [0.29, 0.717) is 25.9 Å². The van der Waals surface area contributed by atoms with Crippen LogP contribution in [0.25, 0.3) is 0 Å². The first kappa shape index (κ1) is 15.8. The van der Waals surface area contributed by atoms with Gasteiger partial charge in [0.15, 0.2) is 0 Å². The third-order valence-corrected chi connectivity index (χ3v) is 2.79. The highest BCUT2D eigenvalue weighted by Crippen LogP contribution is 2.24. The summed E-state index contributed by atoms with van der Waals surface area (Å²) in [4.78, 5) is 15.7. The van der Waals surface area contributed by atoms with E-state index in [1.54, 1.807) is 17.2 Å². The van der Waals surface area contributed by atoms with Crippen LogP contribution in [0.3, 0.4) is 0 Å². The summed E-state index contributed by atoms with van der Waals surface area (Å²) < 4.78 is 0. The molecule has 0 radical (unpaired) electrons. The molecule has 0 aromatic rings. The van der Waals surface area contributed by atoms with Gasteiger partial charge in [0.2, 0.25) is 0 Å². The normalized spacial score (nSPS) is 14.1. The smallest absolute Gasteiger partial charge is 0.299 e. The Kier molecular flexibility index (Phi) is 7.45. The summed E-state index contributed by atoms with van der Waals surface area (Å²) in [5.41, 5.74) is 2.13. The second-order valence-electron chi connectivity index (χ2n) is 3.65. The largest absolute Gasteiger partial charge is 0.363 e. The zero-order chi connectivity index (χ0) is 13.3. The van der Waals surface area contributed by atoms with Crippen LogP contribution in [0.4, 0.5) is 0 Å². The predicted molar refractivity (Wildman–Crippen MR) is 67.1 cm³/mol. The van der Waals surface area contributed by atoms with Crippen molar-refractivity contribution in [3.63, 3.8) is 0 Å². The molecule has 0 fully saturated rings. The lowest BCUT2D eigenvalue weighted by Gasteiger charge is -2.39. The Bertz CT molecular complexity index is 268. The van der Waals surface area contributed by atoms with Crippen LogP contribution >= 0.6 is 0 Å². The minimum Gasteiger partial charge on any atom is -0.299 e. The van der Waals surface area contributed by atoms with E-state index < -0.39 is 11.5 Å². The Balaban J connectivity index is 5.13. The van der Waals surface area contributed by atoms with Gasteiger partial charge in [-0.05, 0) is 12.8 Å². The van der Waals surface area contributed by atoms with E-state index in [-0.39, 0.29) is 0 Å². The van der Waals surface area contributed by atoms with E-state index in [2.05, 4.69) is 23.5 Å². The van der Waals surface area contributed by atoms with Gasteiger partial charge in [-0.1, -0.05) is 26.0 Å². The molecule has 0 amide bonds. The summed E-state index contributed by atoms with van der Waals surface area (Å²) in [5.74, 6) is -0.682. The lowest BCUT2D eigenvalue weighted by Crippen LogP contribution is -2.60. The van der Waals surface area contributed by atoms with Crippen LogP contribution in [-0.4, -0.2) is 34.9 Å². The van der Waals surface area contributed by atoms with Gasteiger partial charge in [0, 0.05) is 13.1 Å². The molecule has 2 N–H and O–H groups in total. The number of nitrogens with zero attached hydrogens (tertiary/aromatic N) is 1. The van der Waals surface area contributed by atoms with E-state index in [1.165, 1.54) is 0 Å². The van der Waals surface area contributed by atoms with Gasteiger partial charge in [-0.25, -0.2) is 9.80 Å². The fourth-order valence-corrected chi connectivity index (χ4v) is 1.85. The topological polar surface area (TPSA) is 61.8 Å². The molecular weight excluding hydrogens is 220 g/mol. The minimum absolute atomic E-state index is 0.390. The molecule has 0 saturated carbocycles. The molecule has 0 aromatic heterocycles. The highest BCUT2D eigenvalue weighted by atomic mass is 17.1. The van der Waals surface area contributed by atoms with Crippen molar-refractivity contribution < 1.29 is 14.9 Å². The number of carbonyl (C=O) groups is 1. The quantitative estimate of drug-likeness (QED) is 0.366. The third-order valence-electron chi connectivity index (χ3n) is 2.79.